The van der Waals surface area contributed by atoms with Gasteiger partial charge in [-0.25, -0.2) is 17.2 Å². The molecule has 1 aliphatic heterocycles. The molecule has 146 valence electrons. The van der Waals surface area contributed by atoms with E-state index in [-0.39, 0.29) is 22.8 Å². The Labute approximate surface area is 157 Å². The van der Waals surface area contributed by atoms with Gasteiger partial charge >= 0.3 is 0 Å². The second-order valence-corrected chi connectivity index (χ2v) is 9.62. The number of halogens is 2. The van der Waals surface area contributed by atoms with Gasteiger partial charge in [-0.2, -0.15) is 4.31 Å². The van der Waals surface area contributed by atoms with Crippen LogP contribution in [0.5, 0.6) is 0 Å². The van der Waals surface area contributed by atoms with Crippen LogP contribution in [0.1, 0.15) is 43.8 Å². The van der Waals surface area contributed by atoms with Crippen LogP contribution < -0.4 is 0 Å². The second kappa shape index (κ2) is 6.63. The molecule has 2 heterocycles. The molecule has 2 aliphatic rings. The van der Waals surface area contributed by atoms with Crippen molar-refractivity contribution in [2.45, 2.75) is 42.9 Å². The lowest BCUT2D eigenvalue weighted by atomic mass is 9.67. The Bertz CT molecular complexity index is 934. The molecule has 1 spiro atoms. The summed E-state index contributed by atoms with van der Waals surface area (Å²) in [4.78, 5) is -0.343. The van der Waals surface area contributed by atoms with Gasteiger partial charge in [-0.1, -0.05) is 19.3 Å². The molecule has 0 N–H and O–H groups in total. The third kappa shape index (κ3) is 3.16. The molecule has 1 aromatic heterocycles. The quantitative estimate of drug-likeness (QED) is 0.800. The van der Waals surface area contributed by atoms with Gasteiger partial charge in [0.2, 0.25) is 10.0 Å². The lowest BCUT2D eigenvalue weighted by Gasteiger charge is -2.37. The average molecular weight is 396 g/mol. The smallest absolute Gasteiger partial charge is 0.243 e. The van der Waals surface area contributed by atoms with Crippen LogP contribution in [0, 0.1) is 17.0 Å². The summed E-state index contributed by atoms with van der Waals surface area (Å²) in [7, 11) is -2.15. The average Bonchev–Trinajstić information content (AvgIpc) is 3.19. The lowest BCUT2D eigenvalue weighted by molar-refractivity contribution is 0.177. The van der Waals surface area contributed by atoms with Crippen molar-refractivity contribution < 1.29 is 17.2 Å². The van der Waals surface area contributed by atoms with E-state index in [1.807, 2.05) is 11.6 Å². The number of sulfonamides is 1. The van der Waals surface area contributed by atoms with Gasteiger partial charge in [-0.15, -0.1) is 10.2 Å². The molecule has 4 rings (SSSR count). The van der Waals surface area contributed by atoms with E-state index in [0.717, 1.165) is 50.1 Å². The molecule has 27 heavy (non-hydrogen) atoms. The van der Waals surface area contributed by atoms with E-state index in [1.165, 1.54) is 4.31 Å². The SMILES string of the molecule is Cn1cnnc1C1CN(S(=O)(=O)c2cc(F)cc(F)c2)CC12CCCCC2. The summed E-state index contributed by atoms with van der Waals surface area (Å²) < 4.78 is 56.6. The van der Waals surface area contributed by atoms with Crippen molar-refractivity contribution in [3.05, 3.63) is 42.0 Å². The maximum absolute atomic E-state index is 13.6. The molecule has 1 unspecified atom stereocenters. The molecular formula is C18H22F2N4O2S. The number of hydrogen-bond donors (Lipinski definition) is 0. The summed E-state index contributed by atoms with van der Waals surface area (Å²) in [6, 6.07) is 2.43. The van der Waals surface area contributed by atoms with Crippen molar-refractivity contribution in [1.82, 2.24) is 19.1 Å². The second-order valence-electron chi connectivity index (χ2n) is 7.68. The van der Waals surface area contributed by atoms with Crippen LogP contribution in [-0.2, 0) is 17.1 Å². The van der Waals surface area contributed by atoms with Crippen LogP contribution in [0.3, 0.4) is 0 Å². The van der Waals surface area contributed by atoms with E-state index < -0.39 is 21.7 Å². The van der Waals surface area contributed by atoms with Gasteiger partial charge in [-0.05, 0) is 30.4 Å². The summed E-state index contributed by atoms with van der Waals surface area (Å²) in [5, 5.41) is 8.19. The summed E-state index contributed by atoms with van der Waals surface area (Å²) in [5.74, 6) is -1.12. The fourth-order valence-corrected chi connectivity index (χ4v) is 6.25. The number of nitrogens with zero attached hydrogens (tertiary/aromatic N) is 4. The topological polar surface area (TPSA) is 68.1 Å². The summed E-state index contributed by atoms with van der Waals surface area (Å²) in [5.41, 5.74) is -0.210. The Hall–Kier alpha value is -1.87. The first kappa shape index (κ1) is 18.5. The summed E-state index contributed by atoms with van der Waals surface area (Å²) >= 11 is 0. The van der Waals surface area contributed by atoms with Crippen molar-refractivity contribution in [2.24, 2.45) is 12.5 Å². The Morgan fingerprint density at radius 1 is 1.11 bits per heavy atom. The van der Waals surface area contributed by atoms with E-state index in [2.05, 4.69) is 10.2 Å². The minimum atomic E-state index is -4.00. The van der Waals surface area contributed by atoms with E-state index in [0.29, 0.717) is 12.6 Å². The van der Waals surface area contributed by atoms with Gasteiger partial charge < -0.3 is 4.57 Å². The molecule has 1 atom stereocenters. The summed E-state index contributed by atoms with van der Waals surface area (Å²) in [6.45, 7) is 0.581. The van der Waals surface area contributed by atoms with Crippen molar-refractivity contribution in [2.75, 3.05) is 13.1 Å². The molecular weight excluding hydrogens is 374 g/mol. The minimum Gasteiger partial charge on any atom is -0.320 e. The van der Waals surface area contributed by atoms with Crippen molar-refractivity contribution in [3.8, 4) is 0 Å². The fourth-order valence-electron chi connectivity index (χ4n) is 4.66. The molecule has 1 aliphatic carbocycles. The first-order chi connectivity index (χ1) is 12.8. The standard InChI is InChI=1S/C18H22F2N4O2S/c1-23-12-21-22-17(23)16-10-24(11-18(16)5-3-2-4-6-18)27(25,26)15-8-13(19)7-14(20)9-15/h7-9,12,16H,2-6,10-11H2,1H3. The zero-order chi connectivity index (χ0) is 19.2. The minimum absolute atomic E-state index is 0.0847. The third-order valence-corrected chi connectivity index (χ3v) is 7.79. The van der Waals surface area contributed by atoms with Crippen LogP contribution in [0.4, 0.5) is 8.78 Å². The summed E-state index contributed by atoms with van der Waals surface area (Å²) in [6.07, 6.45) is 6.65. The Kier molecular flexibility index (Phi) is 4.54. The zero-order valence-corrected chi connectivity index (χ0v) is 15.9. The number of hydrogen-bond acceptors (Lipinski definition) is 4. The fraction of sp³-hybridized carbons (Fsp3) is 0.556. The van der Waals surface area contributed by atoms with Gasteiger partial charge in [0.1, 0.15) is 23.8 Å². The molecule has 0 radical (unpaired) electrons. The monoisotopic (exact) mass is 396 g/mol. The van der Waals surface area contributed by atoms with Crippen molar-refractivity contribution >= 4 is 10.0 Å². The van der Waals surface area contributed by atoms with Gasteiger partial charge in [0.05, 0.1) is 4.90 Å². The number of rotatable bonds is 3. The highest BCUT2D eigenvalue weighted by Crippen LogP contribution is 2.52. The van der Waals surface area contributed by atoms with Gasteiger partial charge in [0.25, 0.3) is 0 Å². The lowest BCUT2D eigenvalue weighted by Crippen LogP contribution is -2.34. The first-order valence-corrected chi connectivity index (χ1v) is 10.6. The Morgan fingerprint density at radius 3 is 2.37 bits per heavy atom. The highest BCUT2D eigenvalue weighted by Gasteiger charge is 2.52. The van der Waals surface area contributed by atoms with Crippen LogP contribution in [0.25, 0.3) is 0 Å². The molecule has 0 bridgehead atoms. The number of benzene rings is 1. The predicted octanol–water partition coefficient (Wildman–Crippen LogP) is 2.83. The van der Waals surface area contributed by atoms with Crippen LogP contribution in [0.2, 0.25) is 0 Å². The van der Waals surface area contributed by atoms with Crippen LogP contribution in [0.15, 0.2) is 29.4 Å². The molecule has 2 aromatic rings. The largest absolute Gasteiger partial charge is 0.320 e. The van der Waals surface area contributed by atoms with E-state index in [9.17, 15) is 17.2 Å². The van der Waals surface area contributed by atoms with Gasteiger partial charge in [0, 0.05) is 32.1 Å². The maximum atomic E-state index is 13.6. The van der Waals surface area contributed by atoms with Gasteiger partial charge in [0.15, 0.2) is 0 Å². The highest BCUT2D eigenvalue weighted by molar-refractivity contribution is 7.89. The molecule has 9 heteroatoms. The number of aryl methyl sites for hydroxylation is 1. The van der Waals surface area contributed by atoms with E-state index in [1.54, 1.807) is 6.33 Å². The third-order valence-electron chi connectivity index (χ3n) is 6.00. The van der Waals surface area contributed by atoms with Crippen molar-refractivity contribution in [3.63, 3.8) is 0 Å². The van der Waals surface area contributed by atoms with Crippen LogP contribution in [-0.4, -0.2) is 40.6 Å². The maximum Gasteiger partial charge on any atom is 0.243 e. The highest BCUT2D eigenvalue weighted by atomic mass is 32.2. The normalized spacial score (nSPS) is 23.1. The Balaban J connectivity index is 1.73. The van der Waals surface area contributed by atoms with E-state index in [4.69, 9.17) is 0 Å². The number of aromatic nitrogens is 3. The molecule has 6 nitrogen and oxygen atoms in total. The molecule has 1 saturated heterocycles. The van der Waals surface area contributed by atoms with Crippen molar-refractivity contribution in [1.29, 1.82) is 0 Å². The zero-order valence-electron chi connectivity index (χ0n) is 15.1. The van der Waals surface area contributed by atoms with Crippen LogP contribution >= 0.6 is 0 Å². The van der Waals surface area contributed by atoms with E-state index >= 15 is 0 Å². The Morgan fingerprint density at radius 2 is 1.78 bits per heavy atom. The molecule has 1 aromatic carbocycles. The predicted molar refractivity (Wildman–Crippen MR) is 94.4 cm³/mol. The molecule has 2 fully saturated rings. The first-order valence-electron chi connectivity index (χ1n) is 9.12. The molecule has 0 amide bonds. The van der Waals surface area contributed by atoms with Gasteiger partial charge in [-0.3, -0.25) is 0 Å². The molecule has 1 saturated carbocycles.